The molecule has 5 saturated carbocycles. The van der Waals surface area contributed by atoms with Gasteiger partial charge in [0.15, 0.2) is 0 Å². The van der Waals surface area contributed by atoms with Crippen molar-refractivity contribution in [3.8, 4) is 0 Å². The molecular formula is C28H44O2. The number of hydrogen-bond donors (Lipinski definition) is 1. The van der Waals surface area contributed by atoms with Gasteiger partial charge >= 0.3 is 0 Å². The summed E-state index contributed by atoms with van der Waals surface area (Å²) in [7, 11) is 0. The van der Waals surface area contributed by atoms with Gasteiger partial charge in [0.25, 0.3) is 0 Å². The van der Waals surface area contributed by atoms with Crippen molar-refractivity contribution in [1.82, 2.24) is 0 Å². The third-order valence-electron chi connectivity index (χ3n) is 11.9. The van der Waals surface area contributed by atoms with Gasteiger partial charge in [-0.2, -0.15) is 0 Å². The minimum atomic E-state index is 0.111. The largest absolute Gasteiger partial charge is 0.396 e. The minimum absolute atomic E-state index is 0.111. The number of allylic oxidation sites excluding steroid dienone is 1. The lowest BCUT2D eigenvalue weighted by Gasteiger charge is -2.58. The van der Waals surface area contributed by atoms with Crippen molar-refractivity contribution in [3.05, 3.63) is 12.2 Å². The fourth-order valence-corrected chi connectivity index (χ4v) is 10.2. The van der Waals surface area contributed by atoms with Crippen LogP contribution in [0.2, 0.25) is 0 Å². The molecule has 0 bridgehead atoms. The molecule has 1 aliphatic heterocycles. The molecular weight excluding hydrogens is 368 g/mol. The number of epoxide rings is 1. The van der Waals surface area contributed by atoms with Crippen molar-refractivity contribution in [2.45, 2.75) is 115 Å². The molecule has 0 unspecified atom stereocenters. The molecule has 168 valence electrons. The van der Waals surface area contributed by atoms with Crippen LogP contribution < -0.4 is 0 Å². The van der Waals surface area contributed by atoms with Crippen LogP contribution in [-0.2, 0) is 4.74 Å². The van der Waals surface area contributed by atoms with Crippen LogP contribution in [0.15, 0.2) is 12.2 Å². The number of fused-ring (bicyclic) bond motifs is 3. The molecule has 2 nitrogen and oxygen atoms in total. The Morgan fingerprint density at radius 1 is 0.967 bits per heavy atom. The number of ether oxygens (including phenoxy) is 1. The minimum Gasteiger partial charge on any atom is -0.396 e. The second-order valence-corrected chi connectivity index (χ2v) is 13.3. The van der Waals surface area contributed by atoms with Crippen LogP contribution in [0, 0.1) is 39.9 Å². The first-order valence-corrected chi connectivity index (χ1v) is 13.3. The highest BCUT2D eigenvalue weighted by Crippen LogP contribution is 2.71. The van der Waals surface area contributed by atoms with Gasteiger partial charge in [0.05, 0.1) is 11.7 Å². The van der Waals surface area contributed by atoms with E-state index in [9.17, 15) is 5.11 Å². The average Bonchev–Trinajstić information content (AvgIpc) is 3.16. The Morgan fingerprint density at radius 2 is 1.73 bits per heavy atom. The first kappa shape index (κ1) is 20.3. The van der Waals surface area contributed by atoms with Gasteiger partial charge in [-0.3, -0.25) is 0 Å². The highest BCUT2D eigenvalue weighted by molar-refractivity contribution is 5.24. The third-order valence-corrected chi connectivity index (χ3v) is 11.9. The molecule has 0 aromatic carbocycles. The van der Waals surface area contributed by atoms with E-state index in [1.165, 1.54) is 89.9 Å². The molecule has 30 heavy (non-hydrogen) atoms. The van der Waals surface area contributed by atoms with Gasteiger partial charge in [0.2, 0.25) is 0 Å². The van der Waals surface area contributed by atoms with Crippen molar-refractivity contribution in [1.29, 1.82) is 0 Å². The van der Waals surface area contributed by atoms with Crippen molar-refractivity contribution >= 4 is 0 Å². The fourth-order valence-electron chi connectivity index (χ4n) is 10.2. The molecule has 1 N–H and O–H groups in total. The molecule has 0 aromatic heterocycles. The first-order chi connectivity index (χ1) is 14.3. The van der Waals surface area contributed by atoms with Crippen molar-refractivity contribution in [2.24, 2.45) is 39.9 Å². The third kappa shape index (κ3) is 2.68. The smallest absolute Gasteiger partial charge is 0.0930 e. The molecule has 6 fully saturated rings. The van der Waals surface area contributed by atoms with Crippen molar-refractivity contribution in [3.63, 3.8) is 0 Å². The van der Waals surface area contributed by atoms with Gasteiger partial charge in [0, 0.05) is 12.0 Å². The van der Waals surface area contributed by atoms with E-state index in [1.807, 2.05) is 0 Å². The SMILES string of the molecule is C=C1C[C@]2(CC[C@]3(CCC[C@H]3CO)C2)[C@@H]2O[C@]2(C)CC[C@@H]2[C@@H]1C[C@]2(C)C1CCCC1. The molecule has 5 aliphatic carbocycles. The molecule has 0 radical (unpaired) electrons. The van der Waals surface area contributed by atoms with Gasteiger partial charge in [-0.05, 0) is 112 Å². The predicted molar refractivity (Wildman–Crippen MR) is 121 cm³/mol. The molecule has 2 heteroatoms. The van der Waals surface area contributed by atoms with Gasteiger partial charge in [-0.1, -0.05) is 38.3 Å². The summed E-state index contributed by atoms with van der Waals surface area (Å²) in [6.45, 7) is 10.2. The zero-order valence-corrected chi connectivity index (χ0v) is 19.6. The average molecular weight is 413 g/mol. The Hall–Kier alpha value is -0.340. The summed E-state index contributed by atoms with van der Waals surface area (Å²) in [6.07, 6.45) is 19.3. The van der Waals surface area contributed by atoms with E-state index in [0.29, 0.717) is 34.9 Å². The first-order valence-electron chi connectivity index (χ1n) is 13.3. The second-order valence-electron chi connectivity index (χ2n) is 13.3. The maximum absolute atomic E-state index is 10.1. The van der Waals surface area contributed by atoms with Crippen LogP contribution in [0.4, 0.5) is 0 Å². The van der Waals surface area contributed by atoms with E-state index in [2.05, 4.69) is 13.8 Å². The zero-order chi connectivity index (χ0) is 20.8. The Morgan fingerprint density at radius 3 is 2.50 bits per heavy atom. The number of rotatable bonds is 2. The van der Waals surface area contributed by atoms with E-state index in [-0.39, 0.29) is 5.60 Å². The van der Waals surface area contributed by atoms with Gasteiger partial charge < -0.3 is 9.84 Å². The van der Waals surface area contributed by atoms with Gasteiger partial charge in [-0.15, -0.1) is 0 Å². The Kier molecular flexibility index (Phi) is 4.46. The summed E-state index contributed by atoms with van der Waals surface area (Å²) in [5, 5.41) is 10.1. The topological polar surface area (TPSA) is 32.8 Å². The molecule has 0 amide bonds. The highest BCUT2D eigenvalue weighted by atomic mass is 16.6. The summed E-state index contributed by atoms with van der Waals surface area (Å²) in [5.41, 5.74) is 2.95. The number of hydrogen-bond acceptors (Lipinski definition) is 2. The van der Waals surface area contributed by atoms with Crippen LogP contribution >= 0.6 is 0 Å². The molecule has 2 spiro atoms. The van der Waals surface area contributed by atoms with Crippen molar-refractivity contribution < 1.29 is 9.84 Å². The Bertz CT molecular complexity index is 724. The highest BCUT2D eigenvalue weighted by Gasteiger charge is 2.69. The van der Waals surface area contributed by atoms with Crippen LogP contribution in [0.5, 0.6) is 0 Å². The van der Waals surface area contributed by atoms with Crippen LogP contribution in [0.25, 0.3) is 0 Å². The lowest BCUT2D eigenvalue weighted by atomic mass is 9.46. The fraction of sp³-hybridized carbons (Fsp3) is 0.929. The van der Waals surface area contributed by atoms with Crippen LogP contribution in [0.3, 0.4) is 0 Å². The lowest BCUT2D eigenvalue weighted by Crippen LogP contribution is -2.51. The van der Waals surface area contributed by atoms with Gasteiger partial charge in [-0.25, -0.2) is 0 Å². The monoisotopic (exact) mass is 412 g/mol. The predicted octanol–water partition coefficient (Wildman–Crippen LogP) is 6.67. The zero-order valence-electron chi connectivity index (χ0n) is 19.6. The maximum atomic E-state index is 10.1. The lowest BCUT2D eigenvalue weighted by molar-refractivity contribution is -0.0684. The second kappa shape index (κ2) is 6.60. The molecule has 1 saturated heterocycles. The Labute approximate surface area is 184 Å². The number of aliphatic hydroxyl groups excluding tert-OH is 1. The number of aliphatic hydroxyl groups is 1. The molecule has 8 atom stereocenters. The van der Waals surface area contributed by atoms with Crippen LogP contribution in [-0.4, -0.2) is 23.4 Å². The summed E-state index contributed by atoms with van der Waals surface area (Å²) < 4.78 is 6.64. The molecule has 0 aromatic rings. The molecule has 6 rings (SSSR count). The van der Waals surface area contributed by atoms with E-state index in [0.717, 1.165) is 17.8 Å². The normalized spacial score (nSPS) is 55.8. The van der Waals surface area contributed by atoms with E-state index in [1.54, 1.807) is 5.57 Å². The summed E-state index contributed by atoms with van der Waals surface area (Å²) in [5.74, 6) is 3.10. The van der Waals surface area contributed by atoms with E-state index in [4.69, 9.17) is 11.3 Å². The Balaban J connectivity index is 1.28. The molecule has 6 aliphatic rings. The van der Waals surface area contributed by atoms with Crippen LogP contribution in [0.1, 0.15) is 104 Å². The standard InChI is InChI=1S/C28H44O2/c1-19-15-28(14-13-27(18-28)11-6-9-21(27)17-29)24-26(3,30-24)12-10-23-22(19)16-25(23,2)20-7-4-5-8-20/h20-24,29H,1,4-18H2,2-3H3/t21-,22+,23+,24+,25+,26+,27+,28-/m0/s1. The quantitative estimate of drug-likeness (QED) is 0.406. The van der Waals surface area contributed by atoms with Gasteiger partial charge in [0.1, 0.15) is 0 Å². The summed E-state index contributed by atoms with van der Waals surface area (Å²) in [4.78, 5) is 0. The van der Waals surface area contributed by atoms with E-state index >= 15 is 0 Å². The molecule has 1 heterocycles. The summed E-state index contributed by atoms with van der Waals surface area (Å²) >= 11 is 0. The summed E-state index contributed by atoms with van der Waals surface area (Å²) in [6, 6.07) is 0. The van der Waals surface area contributed by atoms with E-state index < -0.39 is 0 Å². The van der Waals surface area contributed by atoms with Crippen molar-refractivity contribution in [2.75, 3.05) is 6.61 Å². The maximum Gasteiger partial charge on any atom is 0.0930 e.